The van der Waals surface area contributed by atoms with Gasteiger partial charge in [0.15, 0.2) is 0 Å². The Morgan fingerprint density at radius 2 is 1.65 bits per heavy atom. The first-order chi connectivity index (χ1) is 15.2. The van der Waals surface area contributed by atoms with Gasteiger partial charge in [-0.25, -0.2) is 4.39 Å². The van der Waals surface area contributed by atoms with Gasteiger partial charge in [0.05, 0.1) is 26.4 Å². The molecule has 0 bridgehead atoms. The van der Waals surface area contributed by atoms with E-state index < -0.39 is 30.7 Å². The summed E-state index contributed by atoms with van der Waals surface area (Å²) in [5.41, 5.74) is 10.8. The number of azide groups is 1. The number of ether oxygens (including phenoxy) is 4. The van der Waals surface area contributed by atoms with Gasteiger partial charge in [-0.2, -0.15) is 0 Å². The van der Waals surface area contributed by atoms with Crippen LogP contribution in [-0.4, -0.2) is 43.9 Å². The molecule has 1 aliphatic rings. The van der Waals surface area contributed by atoms with Crippen LogP contribution < -0.4 is 0 Å². The van der Waals surface area contributed by atoms with E-state index in [1.807, 2.05) is 60.7 Å². The summed E-state index contributed by atoms with van der Waals surface area (Å²) in [7, 11) is 0. The predicted molar refractivity (Wildman–Crippen MR) is 114 cm³/mol. The summed E-state index contributed by atoms with van der Waals surface area (Å²) in [4.78, 5) is 2.77. The van der Waals surface area contributed by atoms with Crippen LogP contribution in [0.25, 0.3) is 10.4 Å². The molecule has 0 unspecified atom stereocenters. The van der Waals surface area contributed by atoms with Crippen molar-refractivity contribution in [3.05, 3.63) is 94.9 Å². The van der Waals surface area contributed by atoms with Crippen molar-refractivity contribution in [3.63, 3.8) is 0 Å². The molecular formula is C23H26FN3O4. The van der Waals surface area contributed by atoms with E-state index in [9.17, 15) is 4.39 Å². The van der Waals surface area contributed by atoms with Crippen molar-refractivity contribution in [1.82, 2.24) is 0 Å². The second-order valence-electron chi connectivity index (χ2n) is 7.07. The maximum Gasteiger partial charge on any atom is 0.210 e. The van der Waals surface area contributed by atoms with Crippen molar-refractivity contribution < 1.29 is 23.3 Å². The Balaban J connectivity index is 1.73. The van der Waals surface area contributed by atoms with Crippen LogP contribution in [0.5, 0.6) is 0 Å². The number of alkyl halides is 1. The quantitative estimate of drug-likeness (QED) is 0.224. The maximum atomic E-state index is 14.8. The second-order valence-corrected chi connectivity index (χ2v) is 7.07. The zero-order valence-corrected chi connectivity index (χ0v) is 17.1. The summed E-state index contributed by atoms with van der Waals surface area (Å²) in [6.45, 7) is 4.52. The third-order valence-corrected chi connectivity index (χ3v) is 4.87. The van der Waals surface area contributed by atoms with Gasteiger partial charge in [0.2, 0.25) is 6.36 Å². The number of hydrogen-bond donors (Lipinski definition) is 0. The molecule has 0 radical (unpaired) electrons. The van der Waals surface area contributed by atoms with Gasteiger partial charge in [-0.05, 0) is 16.7 Å². The topological polar surface area (TPSA) is 85.7 Å². The highest BCUT2D eigenvalue weighted by Crippen LogP contribution is 2.30. The Hall–Kier alpha value is -2.74. The molecule has 8 heteroatoms. The highest BCUT2D eigenvalue weighted by atomic mass is 19.1. The van der Waals surface area contributed by atoms with Crippen molar-refractivity contribution in [3.8, 4) is 0 Å². The highest BCUT2D eigenvalue weighted by molar-refractivity contribution is 5.14. The molecule has 0 spiro atoms. The summed E-state index contributed by atoms with van der Waals surface area (Å²) in [6, 6.07) is 17.9. The van der Waals surface area contributed by atoms with Crippen molar-refractivity contribution in [2.45, 2.75) is 43.9 Å². The summed E-state index contributed by atoms with van der Waals surface area (Å²) in [6.07, 6.45) is -2.57. The zero-order valence-electron chi connectivity index (χ0n) is 17.1. The molecule has 1 fully saturated rings. The average Bonchev–Trinajstić information content (AvgIpc) is 2.80. The van der Waals surface area contributed by atoms with Gasteiger partial charge in [-0.1, -0.05) is 71.9 Å². The Morgan fingerprint density at radius 3 is 2.26 bits per heavy atom. The molecule has 0 aliphatic carbocycles. The molecule has 7 nitrogen and oxygen atoms in total. The molecule has 5 atom stereocenters. The predicted octanol–water partition coefficient (Wildman–Crippen LogP) is 4.73. The van der Waals surface area contributed by atoms with E-state index >= 15 is 0 Å². The van der Waals surface area contributed by atoms with E-state index in [0.717, 1.165) is 11.1 Å². The van der Waals surface area contributed by atoms with Gasteiger partial charge < -0.3 is 18.9 Å². The third-order valence-electron chi connectivity index (χ3n) is 4.87. The van der Waals surface area contributed by atoms with Crippen molar-refractivity contribution in [2.75, 3.05) is 13.2 Å². The zero-order chi connectivity index (χ0) is 21.9. The summed E-state index contributed by atoms with van der Waals surface area (Å²) < 4.78 is 37.9. The maximum absolute atomic E-state index is 14.8. The SMILES string of the molecule is C=CCO[C@H]1[C@H](OCc2ccccc2)[C@@H](N=[N+]=[N-])[C@@H](F)O[C@@H]1COCc1ccccc1. The Kier molecular flexibility index (Phi) is 9.02. The lowest BCUT2D eigenvalue weighted by atomic mass is 9.97. The molecular weight excluding hydrogens is 401 g/mol. The van der Waals surface area contributed by atoms with Crippen LogP contribution in [0.15, 0.2) is 78.4 Å². The number of nitrogens with zero attached hydrogens (tertiary/aromatic N) is 3. The lowest BCUT2D eigenvalue weighted by molar-refractivity contribution is -0.249. The van der Waals surface area contributed by atoms with Crippen LogP contribution in [0, 0.1) is 0 Å². The molecule has 3 rings (SSSR count). The van der Waals surface area contributed by atoms with Crippen molar-refractivity contribution in [2.24, 2.45) is 5.11 Å². The molecule has 0 amide bonds. The van der Waals surface area contributed by atoms with Gasteiger partial charge in [-0.3, -0.25) is 0 Å². The fourth-order valence-electron chi connectivity index (χ4n) is 3.40. The van der Waals surface area contributed by atoms with Gasteiger partial charge in [-0.15, -0.1) is 6.58 Å². The van der Waals surface area contributed by atoms with Gasteiger partial charge in [0, 0.05) is 4.91 Å². The lowest BCUT2D eigenvalue weighted by Crippen LogP contribution is -2.58. The van der Waals surface area contributed by atoms with E-state index in [1.54, 1.807) is 6.08 Å². The summed E-state index contributed by atoms with van der Waals surface area (Å²) >= 11 is 0. The fraction of sp³-hybridized carbons (Fsp3) is 0.391. The first-order valence-electron chi connectivity index (χ1n) is 10.1. The van der Waals surface area contributed by atoms with Crippen LogP contribution in [0.1, 0.15) is 11.1 Å². The molecule has 1 heterocycles. The fourth-order valence-corrected chi connectivity index (χ4v) is 3.40. The van der Waals surface area contributed by atoms with E-state index in [2.05, 4.69) is 16.6 Å². The smallest absolute Gasteiger partial charge is 0.210 e. The van der Waals surface area contributed by atoms with Gasteiger partial charge in [0.1, 0.15) is 24.4 Å². The minimum Gasteiger partial charge on any atom is -0.374 e. The average molecular weight is 427 g/mol. The standard InChI is InChI=1S/C23H26FN3O4/c1-2-13-29-21-19(16-28-14-17-9-5-3-6-10-17)31-23(24)20(26-27-25)22(21)30-15-18-11-7-4-8-12-18/h2-12,19-23H,1,13-16H2/t19-,20-,21-,22-,23+/m1/s1. The monoisotopic (exact) mass is 427 g/mol. The Bertz CT molecular complexity index is 848. The molecule has 1 aliphatic heterocycles. The largest absolute Gasteiger partial charge is 0.374 e. The first-order valence-corrected chi connectivity index (χ1v) is 10.1. The van der Waals surface area contributed by atoms with Crippen molar-refractivity contribution in [1.29, 1.82) is 0 Å². The van der Waals surface area contributed by atoms with Crippen LogP contribution in [-0.2, 0) is 32.2 Å². The van der Waals surface area contributed by atoms with Crippen LogP contribution in [0.4, 0.5) is 4.39 Å². The van der Waals surface area contributed by atoms with Crippen LogP contribution >= 0.6 is 0 Å². The molecule has 2 aromatic rings. The summed E-state index contributed by atoms with van der Waals surface area (Å²) in [5, 5.41) is 3.59. The summed E-state index contributed by atoms with van der Waals surface area (Å²) in [5.74, 6) is 0. The number of rotatable bonds is 11. The van der Waals surface area contributed by atoms with Gasteiger partial charge >= 0.3 is 0 Å². The van der Waals surface area contributed by atoms with E-state index in [1.165, 1.54) is 0 Å². The van der Waals surface area contributed by atoms with E-state index in [4.69, 9.17) is 24.5 Å². The third kappa shape index (κ3) is 6.62. The lowest BCUT2D eigenvalue weighted by Gasteiger charge is -2.42. The first kappa shape index (κ1) is 22.9. The van der Waals surface area contributed by atoms with E-state index in [0.29, 0.717) is 6.61 Å². The molecule has 164 valence electrons. The number of halogens is 1. The Labute approximate surface area is 181 Å². The van der Waals surface area contributed by atoms with Crippen molar-refractivity contribution >= 4 is 0 Å². The molecule has 1 saturated heterocycles. The minimum absolute atomic E-state index is 0.0886. The minimum atomic E-state index is -1.84. The van der Waals surface area contributed by atoms with Gasteiger partial charge in [0.25, 0.3) is 0 Å². The molecule has 2 aromatic carbocycles. The normalized spacial score (nSPS) is 25.5. The second kappa shape index (κ2) is 12.2. The number of benzene rings is 2. The molecule has 31 heavy (non-hydrogen) atoms. The highest BCUT2D eigenvalue weighted by Gasteiger charge is 2.47. The number of hydrogen-bond acceptors (Lipinski definition) is 5. The molecule has 0 N–H and O–H groups in total. The molecule has 0 saturated carbocycles. The Morgan fingerprint density at radius 1 is 1.00 bits per heavy atom. The van der Waals surface area contributed by atoms with E-state index in [-0.39, 0.29) is 19.8 Å². The van der Waals surface area contributed by atoms with Crippen LogP contribution in [0.3, 0.4) is 0 Å². The van der Waals surface area contributed by atoms with Crippen LogP contribution in [0.2, 0.25) is 0 Å². The molecule has 0 aromatic heterocycles.